The molecule has 0 saturated carbocycles. The van der Waals surface area contributed by atoms with Crippen LogP contribution >= 0.6 is 15.9 Å². The fraction of sp³-hybridized carbons (Fsp3) is 0. The first-order chi connectivity index (χ1) is 9.92. The molecule has 8 heteroatoms. The van der Waals surface area contributed by atoms with Gasteiger partial charge in [0.1, 0.15) is 0 Å². The molecule has 2 aromatic rings. The van der Waals surface area contributed by atoms with Gasteiger partial charge in [-0.3, -0.25) is 4.72 Å². The monoisotopic (exact) mass is 369 g/mol. The van der Waals surface area contributed by atoms with Gasteiger partial charge in [0.05, 0.1) is 4.90 Å². The van der Waals surface area contributed by atoms with Crippen molar-refractivity contribution < 1.29 is 13.6 Å². The molecule has 2 aromatic carbocycles. The lowest BCUT2D eigenvalue weighted by atomic mass is 10.2. The predicted octanol–water partition coefficient (Wildman–Crippen LogP) is 2.34. The first-order valence-corrected chi connectivity index (χ1v) is 8.06. The highest BCUT2D eigenvalue weighted by molar-refractivity contribution is 9.10. The van der Waals surface area contributed by atoms with Crippen molar-refractivity contribution in [2.24, 2.45) is 10.9 Å². The predicted molar refractivity (Wildman–Crippen MR) is 83.9 cm³/mol. The molecule has 0 unspecified atom stereocenters. The molecule has 0 bridgehead atoms. The number of nitrogens with zero attached hydrogens (tertiary/aromatic N) is 1. The minimum Gasteiger partial charge on any atom is -0.409 e. The van der Waals surface area contributed by atoms with E-state index in [1.54, 1.807) is 24.3 Å². The van der Waals surface area contributed by atoms with E-state index in [2.05, 4.69) is 25.8 Å². The zero-order valence-electron chi connectivity index (χ0n) is 10.7. The maximum Gasteiger partial charge on any atom is 0.261 e. The van der Waals surface area contributed by atoms with Crippen molar-refractivity contribution in [1.29, 1.82) is 0 Å². The molecule has 6 nitrogen and oxygen atoms in total. The summed E-state index contributed by atoms with van der Waals surface area (Å²) >= 11 is 3.25. The zero-order chi connectivity index (χ0) is 15.5. The van der Waals surface area contributed by atoms with Gasteiger partial charge >= 0.3 is 0 Å². The molecule has 0 saturated heterocycles. The summed E-state index contributed by atoms with van der Waals surface area (Å²) in [4.78, 5) is 0.159. The Morgan fingerprint density at radius 3 is 2.19 bits per heavy atom. The maximum atomic E-state index is 12.2. The zero-order valence-corrected chi connectivity index (χ0v) is 13.1. The second kappa shape index (κ2) is 6.15. The lowest BCUT2D eigenvalue weighted by Gasteiger charge is -2.08. The Labute approximate surface area is 130 Å². The van der Waals surface area contributed by atoms with Crippen LogP contribution in [0.1, 0.15) is 5.56 Å². The average Bonchev–Trinajstić information content (AvgIpc) is 2.47. The smallest absolute Gasteiger partial charge is 0.261 e. The number of hydrogen-bond donors (Lipinski definition) is 3. The van der Waals surface area contributed by atoms with E-state index in [1.165, 1.54) is 24.3 Å². The molecule has 0 aliphatic rings. The summed E-state index contributed by atoms with van der Waals surface area (Å²) in [6.45, 7) is 0. The standard InChI is InChI=1S/C13H12BrN3O3S/c14-10-3-7-12(8-4-10)21(19,20)17-11-5-1-9(2-6-11)13(15)16-18/h1-8,17-18H,(H2,15,16). The molecule has 4 N–H and O–H groups in total. The van der Waals surface area contributed by atoms with E-state index in [4.69, 9.17) is 10.9 Å². The Morgan fingerprint density at radius 2 is 1.67 bits per heavy atom. The Bertz CT molecular complexity index is 756. The van der Waals surface area contributed by atoms with Crippen LogP contribution in [0.5, 0.6) is 0 Å². The van der Waals surface area contributed by atoms with Crippen LogP contribution in [0.4, 0.5) is 5.69 Å². The number of nitrogens with one attached hydrogen (secondary N) is 1. The third-order valence-electron chi connectivity index (χ3n) is 2.66. The van der Waals surface area contributed by atoms with Crippen molar-refractivity contribution in [2.45, 2.75) is 4.90 Å². The van der Waals surface area contributed by atoms with Gasteiger partial charge in [-0.05, 0) is 48.5 Å². The van der Waals surface area contributed by atoms with E-state index in [1.807, 2.05) is 0 Å². The van der Waals surface area contributed by atoms with Gasteiger partial charge in [-0.15, -0.1) is 0 Å². The summed E-state index contributed by atoms with van der Waals surface area (Å²) in [5, 5.41) is 11.4. The van der Waals surface area contributed by atoms with Gasteiger partial charge in [0.25, 0.3) is 10.0 Å². The molecule has 0 aromatic heterocycles. The quantitative estimate of drug-likeness (QED) is 0.333. The molecule has 0 fully saturated rings. The summed E-state index contributed by atoms with van der Waals surface area (Å²) < 4.78 is 27.6. The first-order valence-electron chi connectivity index (χ1n) is 5.79. The van der Waals surface area contributed by atoms with Crippen molar-refractivity contribution in [3.63, 3.8) is 0 Å². The fourth-order valence-corrected chi connectivity index (χ4v) is 2.92. The number of rotatable bonds is 4. The maximum absolute atomic E-state index is 12.2. The van der Waals surface area contributed by atoms with E-state index in [-0.39, 0.29) is 10.7 Å². The van der Waals surface area contributed by atoms with Gasteiger partial charge in [-0.25, -0.2) is 8.42 Å². The lowest BCUT2D eigenvalue weighted by molar-refractivity contribution is 0.318. The van der Waals surface area contributed by atoms with Crippen molar-refractivity contribution in [3.8, 4) is 0 Å². The third-order valence-corrected chi connectivity index (χ3v) is 4.59. The molecule has 0 heterocycles. The minimum absolute atomic E-state index is 0.0442. The average molecular weight is 370 g/mol. The molecule has 110 valence electrons. The second-order valence-corrected chi connectivity index (χ2v) is 6.72. The number of nitrogens with two attached hydrogens (primary N) is 1. The first kappa shape index (κ1) is 15.3. The van der Waals surface area contributed by atoms with E-state index >= 15 is 0 Å². The Morgan fingerprint density at radius 1 is 1.10 bits per heavy atom. The number of hydrogen-bond acceptors (Lipinski definition) is 4. The van der Waals surface area contributed by atoms with Gasteiger partial charge in [0, 0.05) is 15.7 Å². The van der Waals surface area contributed by atoms with E-state index in [0.717, 1.165) is 4.47 Å². The molecule has 2 rings (SSSR count). The molecule has 0 amide bonds. The number of benzene rings is 2. The summed E-state index contributed by atoms with van der Waals surface area (Å²) in [6.07, 6.45) is 0. The summed E-state index contributed by atoms with van der Waals surface area (Å²) in [6, 6.07) is 12.5. The fourth-order valence-electron chi connectivity index (χ4n) is 1.59. The Balaban J connectivity index is 2.23. The summed E-state index contributed by atoms with van der Waals surface area (Å²) in [5.41, 5.74) is 6.31. The van der Waals surface area contributed by atoms with Crippen LogP contribution in [0, 0.1) is 0 Å². The highest BCUT2D eigenvalue weighted by Gasteiger charge is 2.13. The van der Waals surface area contributed by atoms with Crippen LogP contribution in [-0.2, 0) is 10.0 Å². The van der Waals surface area contributed by atoms with Crippen LogP contribution in [0.2, 0.25) is 0 Å². The van der Waals surface area contributed by atoms with Gasteiger partial charge < -0.3 is 10.9 Å². The third kappa shape index (κ3) is 3.73. The van der Waals surface area contributed by atoms with E-state index < -0.39 is 10.0 Å². The second-order valence-electron chi connectivity index (χ2n) is 4.12. The van der Waals surface area contributed by atoms with Crippen molar-refractivity contribution in [3.05, 3.63) is 58.6 Å². The van der Waals surface area contributed by atoms with Crippen molar-refractivity contribution in [1.82, 2.24) is 0 Å². The normalized spacial score (nSPS) is 12.1. The van der Waals surface area contributed by atoms with Gasteiger partial charge in [0.2, 0.25) is 0 Å². The minimum atomic E-state index is -3.65. The van der Waals surface area contributed by atoms with Crippen molar-refractivity contribution in [2.75, 3.05) is 4.72 Å². The van der Waals surface area contributed by atoms with E-state index in [0.29, 0.717) is 11.3 Å². The number of halogens is 1. The molecule has 21 heavy (non-hydrogen) atoms. The number of amidine groups is 1. The topological polar surface area (TPSA) is 105 Å². The number of sulfonamides is 1. The van der Waals surface area contributed by atoms with Gasteiger partial charge in [-0.2, -0.15) is 0 Å². The van der Waals surface area contributed by atoms with Crippen LogP contribution < -0.4 is 10.5 Å². The van der Waals surface area contributed by atoms with Crippen LogP contribution in [-0.4, -0.2) is 19.5 Å². The Kier molecular flexibility index (Phi) is 4.49. The van der Waals surface area contributed by atoms with E-state index in [9.17, 15) is 8.42 Å². The molecule has 0 spiro atoms. The summed E-state index contributed by atoms with van der Waals surface area (Å²) in [5.74, 6) is -0.0442. The molecule has 0 radical (unpaired) electrons. The number of oxime groups is 1. The molecular weight excluding hydrogens is 358 g/mol. The van der Waals surface area contributed by atoms with Crippen LogP contribution in [0.3, 0.4) is 0 Å². The SMILES string of the molecule is N/C(=N/O)c1ccc(NS(=O)(=O)c2ccc(Br)cc2)cc1. The lowest BCUT2D eigenvalue weighted by Crippen LogP contribution is -2.14. The summed E-state index contributed by atoms with van der Waals surface area (Å²) in [7, 11) is -3.65. The molecule has 0 aliphatic heterocycles. The van der Waals surface area contributed by atoms with Crippen molar-refractivity contribution >= 4 is 37.5 Å². The van der Waals surface area contributed by atoms with Gasteiger partial charge in [-0.1, -0.05) is 21.1 Å². The largest absolute Gasteiger partial charge is 0.409 e. The molecular formula is C13H12BrN3O3S. The van der Waals surface area contributed by atoms with Crippen LogP contribution in [0.15, 0.2) is 63.1 Å². The highest BCUT2D eigenvalue weighted by atomic mass is 79.9. The van der Waals surface area contributed by atoms with Gasteiger partial charge in [0.15, 0.2) is 5.84 Å². The van der Waals surface area contributed by atoms with Crippen LogP contribution in [0.25, 0.3) is 0 Å². The number of anilines is 1. The molecule has 0 aliphatic carbocycles. The Hall–Kier alpha value is -2.06. The highest BCUT2D eigenvalue weighted by Crippen LogP contribution is 2.18. The molecule has 0 atom stereocenters.